The van der Waals surface area contributed by atoms with Gasteiger partial charge in [0.25, 0.3) is 5.69 Å². The lowest BCUT2D eigenvalue weighted by atomic mass is 10.0. The molecule has 2 unspecified atom stereocenters. The summed E-state index contributed by atoms with van der Waals surface area (Å²) in [6.07, 6.45) is 0.665. The average Bonchev–Trinajstić information content (AvgIpc) is 2.80. The largest absolute Gasteiger partial charge is 0.395 e. The second kappa shape index (κ2) is 5.70. The first-order valence-corrected chi connectivity index (χ1v) is 8.10. The molecule has 116 valence electrons. The van der Waals surface area contributed by atoms with Crippen LogP contribution in [0, 0.1) is 23.0 Å². The summed E-state index contributed by atoms with van der Waals surface area (Å²) in [4.78, 5) is 10.3. The van der Waals surface area contributed by atoms with E-state index in [9.17, 15) is 23.6 Å². The van der Waals surface area contributed by atoms with E-state index in [1.807, 2.05) is 6.92 Å². The molecule has 1 saturated heterocycles. The van der Waals surface area contributed by atoms with E-state index in [1.165, 1.54) is 16.4 Å². The lowest BCUT2D eigenvalue weighted by Crippen LogP contribution is -2.39. The van der Waals surface area contributed by atoms with Gasteiger partial charge in [0, 0.05) is 18.2 Å². The van der Waals surface area contributed by atoms with Crippen molar-refractivity contribution in [2.45, 2.75) is 31.2 Å². The molecule has 21 heavy (non-hydrogen) atoms. The zero-order valence-corrected chi connectivity index (χ0v) is 12.7. The SMILES string of the molecule is Cc1ccc(S(=O)(=O)N2CCC(C)C2CO)cc1[N+](=O)[O-]. The summed E-state index contributed by atoms with van der Waals surface area (Å²) in [5, 5.41) is 20.3. The first-order valence-electron chi connectivity index (χ1n) is 6.66. The van der Waals surface area contributed by atoms with Gasteiger partial charge in [0.2, 0.25) is 10.0 Å². The number of nitrogens with zero attached hydrogens (tertiary/aromatic N) is 2. The highest BCUT2D eigenvalue weighted by Gasteiger charge is 2.39. The molecule has 1 fully saturated rings. The van der Waals surface area contributed by atoms with Gasteiger partial charge in [0.05, 0.1) is 22.5 Å². The molecule has 7 nitrogen and oxygen atoms in total. The van der Waals surface area contributed by atoms with Crippen molar-refractivity contribution in [1.82, 2.24) is 4.31 Å². The molecule has 2 rings (SSSR count). The Morgan fingerprint density at radius 3 is 2.71 bits per heavy atom. The Kier molecular flexibility index (Phi) is 4.31. The minimum absolute atomic E-state index is 0.0604. The van der Waals surface area contributed by atoms with Gasteiger partial charge in [0.15, 0.2) is 0 Å². The first kappa shape index (κ1) is 15.9. The zero-order chi connectivity index (χ0) is 15.8. The van der Waals surface area contributed by atoms with Crippen molar-refractivity contribution in [2.75, 3.05) is 13.2 Å². The van der Waals surface area contributed by atoms with Crippen LogP contribution < -0.4 is 0 Å². The number of aliphatic hydroxyl groups excluding tert-OH is 1. The normalized spacial score (nSPS) is 23.4. The van der Waals surface area contributed by atoms with Crippen molar-refractivity contribution in [3.05, 3.63) is 33.9 Å². The summed E-state index contributed by atoms with van der Waals surface area (Å²) in [6.45, 7) is 3.50. The maximum Gasteiger partial charge on any atom is 0.273 e. The van der Waals surface area contributed by atoms with Crippen molar-refractivity contribution < 1.29 is 18.4 Å². The fourth-order valence-corrected chi connectivity index (χ4v) is 4.37. The Morgan fingerprint density at radius 2 is 2.14 bits per heavy atom. The van der Waals surface area contributed by atoms with Crippen LogP contribution in [0.2, 0.25) is 0 Å². The highest BCUT2D eigenvalue weighted by atomic mass is 32.2. The maximum absolute atomic E-state index is 12.6. The predicted octanol–water partition coefficient (Wildman–Crippen LogP) is 1.29. The van der Waals surface area contributed by atoms with Gasteiger partial charge in [-0.05, 0) is 25.3 Å². The van der Waals surface area contributed by atoms with Crippen LogP contribution in [0.15, 0.2) is 23.1 Å². The van der Waals surface area contributed by atoms with Gasteiger partial charge in [-0.2, -0.15) is 4.31 Å². The molecule has 0 aromatic heterocycles. The highest BCUT2D eigenvalue weighted by molar-refractivity contribution is 7.89. The molecular formula is C13H18N2O5S. The number of aryl methyl sites for hydroxylation is 1. The Hall–Kier alpha value is -1.51. The Bertz CT molecular complexity index is 659. The van der Waals surface area contributed by atoms with Crippen LogP contribution in [-0.2, 0) is 10.0 Å². The minimum Gasteiger partial charge on any atom is -0.395 e. The molecular weight excluding hydrogens is 296 g/mol. The second-order valence-electron chi connectivity index (χ2n) is 5.34. The Balaban J connectivity index is 2.45. The summed E-state index contributed by atoms with van der Waals surface area (Å²) in [5.74, 6) is 0.0604. The average molecular weight is 314 g/mol. The highest BCUT2D eigenvalue weighted by Crippen LogP contribution is 2.31. The van der Waals surface area contributed by atoms with E-state index in [-0.39, 0.29) is 23.1 Å². The van der Waals surface area contributed by atoms with Crippen LogP contribution in [0.4, 0.5) is 5.69 Å². The lowest BCUT2D eigenvalue weighted by Gasteiger charge is -2.24. The topological polar surface area (TPSA) is 101 Å². The van der Waals surface area contributed by atoms with E-state index in [0.717, 1.165) is 6.07 Å². The minimum atomic E-state index is -3.84. The zero-order valence-electron chi connectivity index (χ0n) is 11.9. The fraction of sp³-hybridized carbons (Fsp3) is 0.538. The van der Waals surface area contributed by atoms with Gasteiger partial charge in [0.1, 0.15) is 0 Å². The standard InChI is InChI=1S/C13H18N2O5S/c1-9-3-4-11(7-12(9)15(17)18)21(19,20)14-6-5-10(2)13(14)8-16/h3-4,7,10,13,16H,5-6,8H2,1-2H3. The number of hydrogen-bond donors (Lipinski definition) is 1. The molecule has 1 aliphatic rings. The smallest absolute Gasteiger partial charge is 0.273 e. The molecule has 1 aliphatic heterocycles. The van der Waals surface area contributed by atoms with Crippen LogP contribution in [0.1, 0.15) is 18.9 Å². The number of benzene rings is 1. The monoisotopic (exact) mass is 314 g/mol. The Labute approximate surface area is 123 Å². The van der Waals surface area contributed by atoms with Crippen LogP contribution >= 0.6 is 0 Å². The third-order valence-corrected chi connectivity index (χ3v) is 5.92. The van der Waals surface area contributed by atoms with Gasteiger partial charge < -0.3 is 5.11 Å². The van der Waals surface area contributed by atoms with Crippen LogP contribution in [-0.4, -0.2) is 41.9 Å². The van der Waals surface area contributed by atoms with E-state index in [2.05, 4.69) is 0 Å². The fourth-order valence-electron chi connectivity index (χ4n) is 2.62. The predicted molar refractivity (Wildman–Crippen MR) is 76.4 cm³/mol. The van der Waals surface area contributed by atoms with Gasteiger partial charge in [-0.15, -0.1) is 0 Å². The van der Waals surface area contributed by atoms with Crippen molar-refractivity contribution in [3.63, 3.8) is 0 Å². The summed E-state index contributed by atoms with van der Waals surface area (Å²) in [6, 6.07) is 3.41. The molecule has 1 aromatic rings. The van der Waals surface area contributed by atoms with E-state index in [4.69, 9.17) is 0 Å². The summed E-state index contributed by atoms with van der Waals surface area (Å²) in [7, 11) is -3.84. The van der Waals surface area contributed by atoms with Crippen molar-refractivity contribution in [2.24, 2.45) is 5.92 Å². The van der Waals surface area contributed by atoms with Crippen molar-refractivity contribution in [1.29, 1.82) is 0 Å². The number of sulfonamides is 1. The quantitative estimate of drug-likeness (QED) is 0.666. The molecule has 0 radical (unpaired) electrons. The third kappa shape index (κ3) is 2.78. The number of hydrogen-bond acceptors (Lipinski definition) is 5. The van der Waals surface area contributed by atoms with E-state index >= 15 is 0 Å². The molecule has 2 atom stereocenters. The molecule has 0 bridgehead atoms. The maximum atomic E-state index is 12.6. The summed E-state index contributed by atoms with van der Waals surface area (Å²) >= 11 is 0. The van der Waals surface area contributed by atoms with E-state index < -0.39 is 21.0 Å². The number of aliphatic hydroxyl groups is 1. The van der Waals surface area contributed by atoms with E-state index in [0.29, 0.717) is 18.5 Å². The van der Waals surface area contributed by atoms with Crippen molar-refractivity contribution in [3.8, 4) is 0 Å². The molecule has 1 heterocycles. The van der Waals surface area contributed by atoms with Gasteiger partial charge >= 0.3 is 0 Å². The summed E-state index contributed by atoms with van der Waals surface area (Å²) < 4.78 is 26.5. The van der Waals surface area contributed by atoms with Gasteiger partial charge in [-0.25, -0.2) is 8.42 Å². The molecule has 1 N–H and O–H groups in total. The number of rotatable bonds is 4. The molecule has 0 saturated carbocycles. The van der Waals surface area contributed by atoms with E-state index in [1.54, 1.807) is 6.92 Å². The van der Waals surface area contributed by atoms with Crippen molar-refractivity contribution >= 4 is 15.7 Å². The summed E-state index contributed by atoms with van der Waals surface area (Å²) in [5.41, 5.74) is 0.191. The van der Waals surface area contributed by atoms with Crippen LogP contribution in [0.3, 0.4) is 0 Å². The first-order chi connectivity index (χ1) is 9.78. The molecule has 8 heteroatoms. The lowest BCUT2D eigenvalue weighted by molar-refractivity contribution is -0.385. The number of nitro benzene ring substituents is 1. The second-order valence-corrected chi connectivity index (χ2v) is 7.23. The molecule has 1 aromatic carbocycles. The van der Waals surface area contributed by atoms with Gasteiger partial charge in [-0.1, -0.05) is 13.0 Å². The van der Waals surface area contributed by atoms with Crippen LogP contribution in [0.25, 0.3) is 0 Å². The van der Waals surface area contributed by atoms with Gasteiger partial charge in [-0.3, -0.25) is 10.1 Å². The Morgan fingerprint density at radius 1 is 1.48 bits per heavy atom. The molecule has 0 amide bonds. The third-order valence-electron chi connectivity index (χ3n) is 4.00. The molecule has 0 aliphatic carbocycles. The molecule has 0 spiro atoms. The number of nitro groups is 1. The van der Waals surface area contributed by atoms with Crippen LogP contribution in [0.5, 0.6) is 0 Å².